The number of halogens is 2. The lowest BCUT2D eigenvalue weighted by Gasteiger charge is -2.37. The van der Waals surface area contributed by atoms with Crippen molar-refractivity contribution in [1.82, 2.24) is 4.98 Å². The Morgan fingerprint density at radius 1 is 1.33 bits per heavy atom. The molecule has 0 bridgehead atoms. The summed E-state index contributed by atoms with van der Waals surface area (Å²) in [4.78, 5) is 3.86. The van der Waals surface area contributed by atoms with Crippen molar-refractivity contribution >= 4 is 23.2 Å². The Hall–Kier alpha value is -1.04. The summed E-state index contributed by atoms with van der Waals surface area (Å²) in [6, 6.07) is 5.71. The van der Waals surface area contributed by atoms with E-state index < -0.39 is 5.41 Å². The quantitative estimate of drug-likeness (QED) is 0.555. The van der Waals surface area contributed by atoms with Crippen LogP contribution < -0.4 is 0 Å². The molecule has 0 atom stereocenters. The Kier molecular flexibility index (Phi) is 2.46. The molecule has 0 radical (unpaired) electrons. The Morgan fingerprint density at radius 2 is 1.87 bits per heavy atom. The molecule has 4 heteroatoms. The molecule has 1 aromatic heterocycles. The highest BCUT2D eigenvalue weighted by molar-refractivity contribution is 6.32. The summed E-state index contributed by atoms with van der Waals surface area (Å²) in [6.07, 6.45) is 1.36. The van der Waals surface area contributed by atoms with Gasteiger partial charge in [-0.1, -0.05) is 35.4 Å². The molecule has 15 heavy (non-hydrogen) atoms. The van der Waals surface area contributed by atoms with Crippen molar-refractivity contribution in [2.75, 3.05) is 0 Å². The van der Waals surface area contributed by atoms with Gasteiger partial charge in [-0.25, -0.2) is 4.98 Å². The van der Waals surface area contributed by atoms with Crippen molar-refractivity contribution < 1.29 is 0 Å². The van der Waals surface area contributed by atoms with Crippen LogP contribution in [-0.2, 0) is 5.41 Å². The van der Waals surface area contributed by atoms with E-state index in [9.17, 15) is 5.26 Å². The van der Waals surface area contributed by atoms with Crippen LogP contribution in [0.25, 0.3) is 0 Å². The van der Waals surface area contributed by atoms with Gasteiger partial charge in [-0.15, -0.1) is 0 Å². The zero-order chi connectivity index (χ0) is 11.1. The summed E-state index contributed by atoms with van der Waals surface area (Å²) in [5, 5.41) is 9.84. The Labute approximate surface area is 98.1 Å². The number of pyridine rings is 1. The lowest BCUT2D eigenvalue weighted by molar-refractivity contribution is 0.433. The lowest BCUT2D eigenvalue weighted by Crippen LogP contribution is -2.34. The van der Waals surface area contributed by atoms with Crippen LogP contribution in [-0.4, -0.2) is 4.98 Å². The maximum atomic E-state index is 9.19. The molecule has 1 saturated carbocycles. The highest BCUT2D eigenvalue weighted by Gasteiger charge is 2.42. The van der Waals surface area contributed by atoms with Crippen LogP contribution in [0.2, 0.25) is 10.3 Å². The fourth-order valence-corrected chi connectivity index (χ4v) is 2.35. The molecule has 1 fully saturated rings. The summed E-state index contributed by atoms with van der Waals surface area (Å²) in [7, 11) is 0. The van der Waals surface area contributed by atoms with Crippen LogP contribution in [0, 0.1) is 11.3 Å². The second kappa shape index (κ2) is 3.52. The number of nitrogens with zero attached hydrogens (tertiary/aromatic N) is 2. The van der Waals surface area contributed by atoms with Gasteiger partial charge in [-0.3, -0.25) is 0 Å². The zero-order valence-corrected chi connectivity index (χ0v) is 9.44. The van der Waals surface area contributed by atoms with Crippen LogP contribution in [0.15, 0.2) is 24.3 Å². The Morgan fingerprint density at radius 3 is 2.27 bits per heavy atom. The van der Waals surface area contributed by atoms with Gasteiger partial charge in [0.15, 0.2) is 0 Å². The molecule has 0 aromatic carbocycles. The van der Waals surface area contributed by atoms with Gasteiger partial charge < -0.3 is 0 Å². The average molecular weight is 239 g/mol. The second-order valence-corrected chi connectivity index (χ2v) is 4.57. The van der Waals surface area contributed by atoms with E-state index >= 15 is 0 Å². The first kappa shape index (κ1) is 10.5. The summed E-state index contributed by atoms with van der Waals surface area (Å²) in [5.41, 5.74) is 1.43. The largest absolute Gasteiger partial charge is 0.224 e. The van der Waals surface area contributed by atoms with E-state index in [4.69, 9.17) is 23.2 Å². The monoisotopic (exact) mass is 238 g/mol. The number of allylic oxidation sites excluding steroid dienone is 1. The second-order valence-electron chi connectivity index (χ2n) is 3.80. The highest BCUT2D eigenvalue weighted by atomic mass is 35.5. The minimum atomic E-state index is -0.493. The van der Waals surface area contributed by atoms with Crippen LogP contribution >= 0.6 is 23.2 Å². The molecule has 2 rings (SSSR count). The van der Waals surface area contributed by atoms with Gasteiger partial charge in [0, 0.05) is 0 Å². The minimum absolute atomic E-state index is 0.324. The molecule has 0 amide bonds. The van der Waals surface area contributed by atoms with Crippen molar-refractivity contribution in [3.05, 3.63) is 40.2 Å². The fraction of sp³-hybridized carbons (Fsp3) is 0.273. The van der Waals surface area contributed by atoms with Gasteiger partial charge >= 0.3 is 0 Å². The van der Waals surface area contributed by atoms with E-state index in [1.807, 2.05) is 0 Å². The van der Waals surface area contributed by atoms with Gasteiger partial charge in [0.05, 0.1) is 11.5 Å². The summed E-state index contributed by atoms with van der Waals surface area (Å²) in [5.74, 6) is 0. The Balaban J connectivity index is 2.45. The van der Waals surface area contributed by atoms with Gasteiger partial charge in [0.25, 0.3) is 0 Å². The first-order valence-corrected chi connectivity index (χ1v) is 5.23. The molecule has 0 spiro atoms. The average Bonchev–Trinajstić information content (AvgIpc) is 2.10. The van der Waals surface area contributed by atoms with Gasteiger partial charge in [-0.2, -0.15) is 5.26 Å². The van der Waals surface area contributed by atoms with Crippen LogP contribution in [0.1, 0.15) is 18.4 Å². The number of nitriles is 1. The number of hydrogen-bond acceptors (Lipinski definition) is 2. The van der Waals surface area contributed by atoms with E-state index in [1.165, 1.54) is 0 Å². The molecule has 76 valence electrons. The number of aromatic nitrogens is 1. The molecule has 0 unspecified atom stereocenters. The van der Waals surface area contributed by atoms with Crippen molar-refractivity contribution in [2.24, 2.45) is 0 Å². The number of rotatable bonds is 1. The minimum Gasteiger partial charge on any atom is -0.224 e. The highest BCUT2D eigenvalue weighted by Crippen LogP contribution is 2.46. The van der Waals surface area contributed by atoms with Crippen molar-refractivity contribution in [3.8, 4) is 6.07 Å². The molecule has 0 N–H and O–H groups in total. The molecule has 1 aromatic rings. The lowest BCUT2D eigenvalue weighted by atomic mass is 9.63. The predicted molar refractivity (Wildman–Crippen MR) is 59.9 cm³/mol. The van der Waals surface area contributed by atoms with E-state index in [0.717, 1.165) is 11.1 Å². The third-order valence-corrected chi connectivity index (χ3v) is 3.02. The zero-order valence-electron chi connectivity index (χ0n) is 7.93. The summed E-state index contributed by atoms with van der Waals surface area (Å²) in [6.45, 7) is 3.84. The van der Waals surface area contributed by atoms with Crippen molar-refractivity contribution in [3.63, 3.8) is 0 Å². The SMILES string of the molecule is C=C1CC(C#N)(c2cc(Cl)nc(Cl)c2)C1. The normalized spacial score (nSPS) is 18.1. The predicted octanol–water partition coefficient (Wildman–Crippen LogP) is 3.50. The fourth-order valence-electron chi connectivity index (χ4n) is 1.89. The van der Waals surface area contributed by atoms with E-state index in [1.54, 1.807) is 12.1 Å². The number of hydrogen-bond donors (Lipinski definition) is 0. The molecule has 0 aliphatic heterocycles. The first-order valence-electron chi connectivity index (χ1n) is 4.47. The van der Waals surface area contributed by atoms with Crippen molar-refractivity contribution in [1.29, 1.82) is 5.26 Å². The third-order valence-electron chi connectivity index (χ3n) is 2.63. The van der Waals surface area contributed by atoms with E-state index in [2.05, 4.69) is 17.6 Å². The van der Waals surface area contributed by atoms with E-state index in [0.29, 0.717) is 23.1 Å². The van der Waals surface area contributed by atoms with Crippen molar-refractivity contribution in [2.45, 2.75) is 18.3 Å². The van der Waals surface area contributed by atoms with E-state index in [-0.39, 0.29) is 0 Å². The van der Waals surface area contributed by atoms with Gasteiger partial charge in [-0.05, 0) is 30.5 Å². The summed E-state index contributed by atoms with van der Waals surface area (Å²) >= 11 is 11.6. The topological polar surface area (TPSA) is 36.7 Å². The standard InChI is InChI=1S/C11H8Cl2N2/c1-7-4-11(5-7,6-14)8-2-9(12)15-10(13)3-8/h2-3H,1,4-5H2. The molecular weight excluding hydrogens is 231 g/mol. The maximum absolute atomic E-state index is 9.19. The smallest absolute Gasteiger partial charge is 0.131 e. The van der Waals surface area contributed by atoms with Crippen LogP contribution in [0.5, 0.6) is 0 Å². The van der Waals surface area contributed by atoms with Crippen LogP contribution in [0.4, 0.5) is 0 Å². The first-order chi connectivity index (χ1) is 7.05. The Bertz CT molecular complexity index is 446. The van der Waals surface area contributed by atoms with Crippen LogP contribution in [0.3, 0.4) is 0 Å². The van der Waals surface area contributed by atoms with Gasteiger partial charge in [0.2, 0.25) is 0 Å². The molecule has 0 saturated heterocycles. The van der Waals surface area contributed by atoms with Gasteiger partial charge in [0.1, 0.15) is 10.3 Å². The molecule has 1 aliphatic rings. The maximum Gasteiger partial charge on any atom is 0.131 e. The molecule has 1 aliphatic carbocycles. The third kappa shape index (κ3) is 1.73. The summed E-state index contributed by atoms with van der Waals surface area (Å²) < 4.78 is 0. The molecular formula is C11H8Cl2N2. The molecule has 1 heterocycles. The molecule has 2 nitrogen and oxygen atoms in total.